The number of fused-ring (bicyclic) bond motifs is 1. The van der Waals surface area contributed by atoms with Crippen LogP contribution in [0.4, 0.5) is 4.39 Å². The van der Waals surface area contributed by atoms with E-state index in [4.69, 9.17) is 16.0 Å². The van der Waals surface area contributed by atoms with Crippen LogP contribution in [0.5, 0.6) is 0 Å². The van der Waals surface area contributed by atoms with E-state index in [1.165, 1.54) is 18.3 Å². The molecule has 4 nitrogen and oxygen atoms in total. The fourth-order valence-electron chi connectivity index (χ4n) is 2.55. The summed E-state index contributed by atoms with van der Waals surface area (Å²) in [6, 6.07) is 5.51. The number of rotatable bonds is 3. The first kappa shape index (κ1) is 16.9. The van der Waals surface area contributed by atoms with Gasteiger partial charge in [0.1, 0.15) is 22.3 Å². The largest absolute Gasteiger partial charge is 0.459 e. The highest BCUT2D eigenvalue weighted by Crippen LogP contribution is 2.30. The predicted octanol–water partition coefficient (Wildman–Crippen LogP) is 5.18. The highest BCUT2D eigenvalue weighted by atomic mass is 79.9. The van der Waals surface area contributed by atoms with Crippen molar-refractivity contribution in [3.05, 3.63) is 62.8 Å². The van der Waals surface area contributed by atoms with Crippen LogP contribution in [0, 0.1) is 12.7 Å². The van der Waals surface area contributed by atoms with Crippen LogP contribution in [-0.2, 0) is 0 Å². The molecule has 7 heteroatoms. The SMILES string of the molecule is Cc1c(C(C)NC(=O)c2cc(Br)cnc2Cl)oc2ccc(F)cc12. The molecule has 0 fully saturated rings. The topological polar surface area (TPSA) is 55.1 Å². The minimum absolute atomic E-state index is 0.117. The van der Waals surface area contributed by atoms with Crippen molar-refractivity contribution < 1.29 is 13.6 Å². The molecule has 0 aliphatic carbocycles. The van der Waals surface area contributed by atoms with Gasteiger partial charge in [0.25, 0.3) is 5.91 Å². The van der Waals surface area contributed by atoms with Crippen LogP contribution >= 0.6 is 27.5 Å². The molecule has 0 aliphatic rings. The molecule has 2 aromatic heterocycles. The lowest BCUT2D eigenvalue weighted by Crippen LogP contribution is -2.27. The second-order valence-electron chi connectivity index (χ2n) is 5.42. The number of amides is 1. The summed E-state index contributed by atoms with van der Waals surface area (Å²) in [7, 11) is 0. The summed E-state index contributed by atoms with van der Waals surface area (Å²) >= 11 is 9.24. The average Bonchev–Trinajstić information content (AvgIpc) is 2.86. The maximum atomic E-state index is 13.4. The van der Waals surface area contributed by atoms with Gasteiger partial charge in [0.05, 0.1) is 11.6 Å². The van der Waals surface area contributed by atoms with Gasteiger partial charge in [-0.15, -0.1) is 0 Å². The lowest BCUT2D eigenvalue weighted by molar-refractivity contribution is 0.0935. The van der Waals surface area contributed by atoms with Crippen LogP contribution in [-0.4, -0.2) is 10.9 Å². The maximum absolute atomic E-state index is 13.4. The summed E-state index contributed by atoms with van der Waals surface area (Å²) in [6.45, 7) is 3.62. The number of nitrogens with zero attached hydrogens (tertiary/aromatic N) is 1. The van der Waals surface area contributed by atoms with E-state index in [0.717, 1.165) is 5.56 Å². The van der Waals surface area contributed by atoms with Crippen molar-refractivity contribution in [1.29, 1.82) is 0 Å². The lowest BCUT2D eigenvalue weighted by Gasteiger charge is -2.13. The summed E-state index contributed by atoms with van der Waals surface area (Å²) in [5.74, 6) is -0.128. The van der Waals surface area contributed by atoms with E-state index in [9.17, 15) is 9.18 Å². The van der Waals surface area contributed by atoms with Gasteiger partial charge in [0.2, 0.25) is 0 Å². The van der Waals surface area contributed by atoms with Gasteiger partial charge in [-0.05, 0) is 54.0 Å². The first-order valence-electron chi connectivity index (χ1n) is 7.17. The van der Waals surface area contributed by atoms with Gasteiger partial charge in [-0.25, -0.2) is 9.37 Å². The molecule has 1 aromatic carbocycles. The van der Waals surface area contributed by atoms with Gasteiger partial charge in [-0.1, -0.05) is 11.6 Å². The maximum Gasteiger partial charge on any atom is 0.255 e. The third-order valence-corrected chi connectivity index (χ3v) is 4.46. The number of furan rings is 1. The predicted molar refractivity (Wildman–Crippen MR) is 93.7 cm³/mol. The molecule has 0 aliphatic heterocycles. The zero-order valence-corrected chi connectivity index (χ0v) is 15.2. The molecule has 3 aromatic rings. The highest BCUT2D eigenvalue weighted by molar-refractivity contribution is 9.10. The van der Waals surface area contributed by atoms with Gasteiger partial charge < -0.3 is 9.73 Å². The van der Waals surface area contributed by atoms with E-state index in [1.807, 2.05) is 6.92 Å². The van der Waals surface area contributed by atoms with Crippen LogP contribution in [0.15, 0.2) is 39.4 Å². The van der Waals surface area contributed by atoms with Crippen LogP contribution in [0.25, 0.3) is 11.0 Å². The average molecular weight is 412 g/mol. The van der Waals surface area contributed by atoms with Crippen molar-refractivity contribution in [2.75, 3.05) is 0 Å². The zero-order chi connectivity index (χ0) is 17.4. The zero-order valence-electron chi connectivity index (χ0n) is 12.9. The second kappa shape index (κ2) is 6.53. The molecule has 0 spiro atoms. The molecule has 3 rings (SSSR count). The molecule has 1 amide bonds. The van der Waals surface area contributed by atoms with Gasteiger partial charge in [-0.2, -0.15) is 0 Å². The normalized spacial score (nSPS) is 12.4. The minimum atomic E-state index is -0.414. The van der Waals surface area contributed by atoms with E-state index in [2.05, 4.69) is 26.2 Å². The lowest BCUT2D eigenvalue weighted by atomic mass is 10.1. The van der Waals surface area contributed by atoms with E-state index < -0.39 is 6.04 Å². The molecule has 1 N–H and O–H groups in total. The fraction of sp³-hybridized carbons (Fsp3) is 0.176. The molecule has 0 bridgehead atoms. The molecule has 24 heavy (non-hydrogen) atoms. The van der Waals surface area contributed by atoms with E-state index in [0.29, 0.717) is 21.2 Å². The number of halogens is 3. The molecule has 0 saturated heterocycles. The Hall–Kier alpha value is -1.92. The molecule has 1 atom stereocenters. The molecule has 124 valence electrons. The summed E-state index contributed by atoms with van der Waals surface area (Å²) in [5, 5.41) is 3.63. The van der Waals surface area contributed by atoms with Crippen molar-refractivity contribution in [3.63, 3.8) is 0 Å². The van der Waals surface area contributed by atoms with Crippen molar-refractivity contribution in [3.8, 4) is 0 Å². The Morgan fingerprint density at radius 3 is 2.92 bits per heavy atom. The van der Waals surface area contributed by atoms with Crippen molar-refractivity contribution in [2.24, 2.45) is 0 Å². The third-order valence-electron chi connectivity index (χ3n) is 3.73. The Labute approximate surface area is 151 Å². The molecule has 0 saturated carbocycles. The molecule has 2 heterocycles. The number of carbonyl (C=O) groups is 1. The molecular weight excluding hydrogens is 399 g/mol. The van der Waals surface area contributed by atoms with Gasteiger partial charge >= 0.3 is 0 Å². The van der Waals surface area contributed by atoms with Crippen molar-refractivity contribution >= 4 is 44.4 Å². The number of hydrogen-bond acceptors (Lipinski definition) is 3. The Kier molecular flexibility index (Phi) is 4.60. The Morgan fingerprint density at radius 2 is 2.17 bits per heavy atom. The quantitative estimate of drug-likeness (QED) is 0.604. The van der Waals surface area contributed by atoms with Gasteiger partial charge in [-0.3, -0.25) is 4.79 Å². The number of hydrogen-bond donors (Lipinski definition) is 1. The third kappa shape index (κ3) is 3.16. The van der Waals surface area contributed by atoms with Crippen LogP contribution in [0.3, 0.4) is 0 Å². The van der Waals surface area contributed by atoms with Gasteiger partial charge in [0, 0.05) is 21.6 Å². The second-order valence-corrected chi connectivity index (χ2v) is 6.69. The minimum Gasteiger partial charge on any atom is -0.459 e. The van der Waals surface area contributed by atoms with Crippen molar-refractivity contribution in [1.82, 2.24) is 10.3 Å². The van der Waals surface area contributed by atoms with Crippen LogP contribution in [0.2, 0.25) is 5.15 Å². The summed E-state index contributed by atoms with van der Waals surface area (Å²) in [5.41, 5.74) is 1.63. The number of aromatic nitrogens is 1. The molecular formula is C17H13BrClFN2O2. The molecule has 1 unspecified atom stereocenters. The van der Waals surface area contributed by atoms with E-state index >= 15 is 0 Å². The van der Waals surface area contributed by atoms with Crippen LogP contribution < -0.4 is 5.32 Å². The molecule has 0 radical (unpaired) electrons. The first-order valence-corrected chi connectivity index (χ1v) is 8.34. The van der Waals surface area contributed by atoms with E-state index in [1.54, 1.807) is 19.1 Å². The van der Waals surface area contributed by atoms with Crippen molar-refractivity contribution in [2.45, 2.75) is 19.9 Å². The fourth-order valence-corrected chi connectivity index (χ4v) is 3.07. The Balaban J connectivity index is 1.89. The number of benzene rings is 1. The smallest absolute Gasteiger partial charge is 0.255 e. The van der Waals surface area contributed by atoms with Gasteiger partial charge in [0.15, 0.2) is 0 Å². The number of nitrogens with one attached hydrogen (secondary N) is 1. The Morgan fingerprint density at radius 1 is 1.42 bits per heavy atom. The van der Waals surface area contributed by atoms with E-state index in [-0.39, 0.29) is 22.4 Å². The summed E-state index contributed by atoms with van der Waals surface area (Å²) in [4.78, 5) is 16.4. The summed E-state index contributed by atoms with van der Waals surface area (Å²) in [6.07, 6.45) is 1.51. The number of aryl methyl sites for hydroxylation is 1. The first-order chi connectivity index (χ1) is 11.4. The van der Waals surface area contributed by atoms with Crippen LogP contribution in [0.1, 0.15) is 34.6 Å². The number of carbonyl (C=O) groups excluding carboxylic acids is 1. The highest BCUT2D eigenvalue weighted by Gasteiger charge is 2.21. The monoisotopic (exact) mass is 410 g/mol. The summed E-state index contributed by atoms with van der Waals surface area (Å²) < 4.78 is 19.8. The Bertz CT molecular complexity index is 942. The number of pyridine rings is 1. The standard InChI is InChI=1S/C17H13BrClFN2O2/c1-8-12-6-11(20)3-4-14(12)24-15(8)9(2)22-17(23)13-5-10(18)7-21-16(13)19/h3-7,9H,1-2H3,(H,22,23).